The van der Waals surface area contributed by atoms with Crippen LogP contribution in [0.2, 0.25) is 0 Å². The summed E-state index contributed by atoms with van der Waals surface area (Å²) < 4.78 is 0. The first kappa shape index (κ1) is 13.0. The van der Waals surface area contributed by atoms with Crippen LogP contribution in [0.15, 0.2) is 24.3 Å². The highest BCUT2D eigenvalue weighted by Gasteiger charge is 2.03. The number of rotatable bonds is 6. The van der Waals surface area contributed by atoms with Crippen LogP contribution in [0.3, 0.4) is 0 Å². The molecule has 16 heavy (non-hydrogen) atoms. The molecule has 0 unspecified atom stereocenters. The summed E-state index contributed by atoms with van der Waals surface area (Å²) in [6.07, 6.45) is 1.19. The summed E-state index contributed by atoms with van der Waals surface area (Å²) in [7, 11) is 2.13. The maximum atomic E-state index is 3.41. The van der Waals surface area contributed by atoms with E-state index in [4.69, 9.17) is 0 Å². The minimum atomic E-state index is 0.545. The van der Waals surface area contributed by atoms with Crippen LogP contribution in [0.1, 0.15) is 32.8 Å². The van der Waals surface area contributed by atoms with Crippen molar-refractivity contribution >= 4 is 5.69 Å². The van der Waals surface area contributed by atoms with Crippen molar-refractivity contribution in [2.75, 3.05) is 18.5 Å². The van der Waals surface area contributed by atoms with Gasteiger partial charge in [-0.1, -0.05) is 19.1 Å². The molecule has 1 rings (SSSR count). The van der Waals surface area contributed by atoms with Crippen LogP contribution >= 0.6 is 0 Å². The molecule has 0 amide bonds. The fourth-order valence-corrected chi connectivity index (χ4v) is 1.56. The molecule has 0 saturated heterocycles. The Morgan fingerprint density at radius 1 is 1.19 bits per heavy atom. The van der Waals surface area contributed by atoms with E-state index in [1.807, 2.05) is 0 Å². The number of nitrogens with zero attached hydrogens (tertiary/aromatic N) is 1. The minimum absolute atomic E-state index is 0.545. The Balaban J connectivity index is 2.54. The lowest BCUT2D eigenvalue weighted by atomic mass is 10.2. The Kier molecular flexibility index (Phi) is 5.33. The quantitative estimate of drug-likeness (QED) is 0.741. The van der Waals surface area contributed by atoms with Gasteiger partial charge in [-0.2, -0.15) is 0 Å². The van der Waals surface area contributed by atoms with E-state index < -0.39 is 0 Å². The van der Waals surface area contributed by atoms with E-state index in [2.05, 4.69) is 62.3 Å². The van der Waals surface area contributed by atoms with Gasteiger partial charge in [0.1, 0.15) is 0 Å². The van der Waals surface area contributed by atoms with Crippen molar-refractivity contribution in [1.29, 1.82) is 0 Å². The van der Waals surface area contributed by atoms with Gasteiger partial charge < -0.3 is 10.2 Å². The van der Waals surface area contributed by atoms with Gasteiger partial charge in [-0.15, -0.1) is 0 Å². The van der Waals surface area contributed by atoms with E-state index in [9.17, 15) is 0 Å². The summed E-state index contributed by atoms with van der Waals surface area (Å²) in [5.74, 6) is 0. The molecule has 0 aromatic heterocycles. The van der Waals surface area contributed by atoms with E-state index >= 15 is 0 Å². The lowest BCUT2D eigenvalue weighted by Gasteiger charge is -2.23. The number of hydrogen-bond acceptors (Lipinski definition) is 2. The van der Waals surface area contributed by atoms with E-state index in [0.29, 0.717) is 6.04 Å². The molecule has 0 aliphatic heterocycles. The second-order valence-corrected chi connectivity index (χ2v) is 4.55. The summed E-state index contributed by atoms with van der Waals surface area (Å²) in [4.78, 5) is 2.28. The molecule has 1 aromatic rings. The van der Waals surface area contributed by atoms with Crippen LogP contribution in [0.4, 0.5) is 5.69 Å². The summed E-state index contributed by atoms with van der Waals surface area (Å²) in [6.45, 7) is 8.66. The van der Waals surface area contributed by atoms with Gasteiger partial charge in [-0.25, -0.2) is 0 Å². The van der Waals surface area contributed by atoms with Gasteiger partial charge in [-0.3, -0.25) is 0 Å². The van der Waals surface area contributed by atoms with Gasteiger partial charge in [0.05, 0.1) is 0 Å². The Labute approximate surface area is 99.7 Å². The van der Waals surface area contributed by atoms with Gasteiger partial charge >= 0.3 is 0 Å². The topological polar surface area (TPSA) is 15.3 Å². The van der Waals surface area contributed by atoms with E-state index in [1.54, 1.807) is 0 Å². The first-order chi connectivity index (χ1) is 7.65. The number of hydrogen-bond donors (Lipinski definition) is 1. The number of benzene rings is 1. The Morgan fingerprint density at radius 3 is 2.31 bits per heavy atom. The van der Waals surface area contributed by atoms with Crippen LogP contribution in [0.25, 0.3) is 0 Å². The predicted molar refractivity (Wildman–Crippen MR) is 72.0 cm³/mol. The normalized spacial score (nSPS) is 10.8. The van der Waals surface area contributed by atoms with Crippen LogP contribution in [0, 0.1) is 0 Å². The molecule has 0 atom stereocenters. The van der Waals surface area contributed by atoms with Crippen LogP contribution < -0.4 is 10.2 Å². The summed E-state index contributed by atoms with van der Waals surface area (Å²) >= 11 is 0. The molecule has 0 bridgehead atoms. The zero-order valence-electron chi connectivity index (χ0n) is 11.0. The molecular formula is C14H24N2. The van der Waals surface area contributed by atoms with Crippen molar-refractivity contribution in [2.24, 2.45) is 0 Å². The molecule has 0 radical (unpaired) electrons. The van der Waals surface area contributed by atoms with E-state index in [0.717, 1.165) is 13.1 Å². The SMILES string of the molecule is CCCNCc1ccc(N(C)C(C)C)cc1. The van der Waals surface area contributed by atoms with Crippen LogP contribution in [-0.2, 0) is 6.54 Å². The van der Waals surface area contributed by atoms with Crippen molar-refractivity contribution in [3.05, 3.63) is 29.8 Å². The van der Waals surface area contributed by atoms with Crippen LogP contribution in [0.5, 0.6) is 0 Å². The Bertz CT molecular complexity index is 290. The summed E-state index contributed by atoms with van der Waals surface area (Å²) in [5, 5.41) is 3.41. The molecule has 0 spiro atoms. The maximum Gasteiger partial charge on any atom is 0.0366 e. The minimum Gasteiger partial charge on any atom is -0.372 e. The highest BCUT2D eigenvalue weighted by atomic mass is 15.1. The molecule has 0 heterocycles. The van der Waals surface area contributed by atoms with Crippen molar-refractivity contribution < 1.29 is 0 Å². The van der Waals surface area contributed by atoms with Gasteiger partial charge in [0.25, 0.3) is 0 Å². The van der Waals surface area contributed by atoms with Crippen molar-refractivity contribution in [2.45, 2.75) is 39.8 Å². The maximum absolute atomic E-state index is 3.41. The fourth-order valence-electron chi connectivity index (χ4n) is 1.56. The fraction of sp³-hybridized carbons (Fsp3) is 0.571. The molecule has 2 nitrogen and oxygen atoms in total. The van der Waals surface area contributed by atoms with E-state index in [1.165, 1.54) is 17.7 Å². The summed E-state index contributed by atoms with van der Waals surface area (Å²) in [5.41, 5.74) is 2.64. The number of nitrogens with one attached hydrogen (secondary N) is 1. The van der Waals surface area contributed by atoms with Crippen molar-refractivity contribution in [3.63, 3.8) is 0 Å². The molecular weight excluding hydrogens is 196 g/mol. The second kappa shape index (κ2) is 6.54. The van der Waals surface area contributed by atoms with Crippen molar-refractivity contribution in [1.82, 2.24) is 5.32 Å². The predicted octanol–water partition coefficient (Wildman–Crippen LogP) is 3.03. The molecule has 0 saturated carbocycles. The second-order valence-electron chi connectivity index (χ2n) is 4.55. The molecule has 2 heteroatoms. The monoisotopic (exact) mass is 220 g/mol. The Hall–Kier alpha value is -1.02. The molecule has 1 aromatic carbocycles. The zero-order chi connectivity index (χ0) is 12.0. The average Bonchev–Trinajstić information content (AvgIpc) is 2.29. The Morgan fingerprint density at radius 2 is 1.81 bits per heavy atom. The molecule has 0 aliphatic rings. The zero-order valence-corrected chi connectivity index (χ0v) is 11.0. The third-order valence-corrected chi connectivity index (χ3v) is 2.87. The number of anilines is 1. The van der Waals surface area contributed by atoms with Crippen LogP contribution in [-0.4, -0.2) is 19.6 Å². The highest BCUT2D eigenvalue weighted by molar-refractivity contribution is 5.47. The summed E-state index contributed by atoms with van der Waals surface area (Å²) in [6, 6.07) is 9.35. The van der Waals surface area contributed by atoms with Gasteiger partial charge in [0.2, 0.25) is 0 Å². The van der Waals surface area contributed by atoms with Gasteiger partial charge in [0, 0.05) is 25.3 Å². The average molecular weight is 220 g/mol. The van der Waals surface area contributed by atoms with Gasteiger partial charge in [-0.05, 0) is 44.5 Å². The molecule has 90 valence electrons. The smallest absolute Gasteiger partial charge is 0.0366 e. The van der Waals surface area contributed by atoms with Gasteiger partial charge in [0.15, 0.2) is 0 Å². The lowest BCUT2D eigenvalue weighted by molar-refractivity contribution is 0.675. The standard InChI is InChI=1S/C14H24N2/c1-5-10-15-11-13-6-8-14(9-7-13)16(4)12(2)3/h6-9,12,15H,5,10-11H2,1-4H3. The third-order valence-electron chi connectivity index (χ3n) is 2.87. The van der Waals surface area contributed by atoms with E-state index in [-0.39, 0.29) is 0 Å². The first-order valence-corrected chi connectivity index (χ1v) is 6.17. The van der Waals surface area contributed by atoms with Crippen molar-refractivity contribution in [3.8, 4) is 0 Å². The largest absolute Gasteiger partial charge is 0.372 e. The third kappa shape index (κ3) is 3.86. The highest BCUT2D eigenvalue weighted by Crippen LogP contribution is 2.15. The molecule has 0 aliphatic carbocycles. The lowest BCUT2D eigenvalue weighted by Crippen LogP contribution is -2.25. The first-order valence-electron chi connectivity index (χ1n) is 6.17. The molecule has 1 N–H and O–H groups in total. The molecule has 0 fully saturated rings.